The molecule has 0 spiro atoms. The lowest BCUT2D eigenvalue weighted by Gasteiger charge is -1.99. The van der Waals surface area contributed by atoms with Crippen molar-refractivity contribution in [1.29, 1.82) is 0 Å². The third kappa shape index (κ3) is 1.78. The zero-order valence-corrected chi connectivity index (χ0v) is 10.1. The molecule has 0 amide bonds. The first-order chi connectivity index (χ1) is 8.78. The molecule has 3 aromatic rings. The molecule has 2 heterocycles. The molecule has 0 aliphatic carbocycles. The van der Waals surface area contributed by atoms with Crippen molar-refractivity contribution in [1.82, 2.24) is 19.9 Å². The van der Waals surface area contributed by atoms with Crippen molar-refractivity contribution in [2.24, 2.45) is 0 Å². The largest absolute Gasteiger partial charge is 0.382 e. The Morgan fingerprint density at radius 3 is 2.94 bits per heavy atom. The second kappa shape index (κ2) is 4.27. The van der Waals surface area contributed by atoms with Crippen LogP contribution < -0.4 is 5.73 Å². The number of hydrogen-bond acceptors (Lipinski definition) is 4. The molecule has 90 valence electrons. The number of nitrogens with zero attached hydrogens (tertiary/aromatic N) is 3. The highest BCUT2D eigenvalue weighted by molar-refractivity contribution is 6.17. The molecule has 5 nitrogen and oxygen atoms in total. The van der Waals surface area contributed by atoms with Crippen molar-refractivity contribution in [2.75, 3.05) is 5.73 Å². The third-order valence-electron chi connectivity index (χ3n) is 2.67. The van der Waals surface area contributed by atoms with Gasteiger partial charge in [-0.25, -0.2) is 15.0 Å². The van der Waals surface area contributed by atoms with Gasteiger partial charge in [-0.2, -0.15) is 0 Å². The molecular formula is C12H10ClN5. The number of imidazole rings is 1. The SMILES string of the molecule is Nc1ncnc2nc(-c3cccc(CCl)c3)[nH]c12. The van der Waals surface area contributed by atoms with Crippen LogP contribution in [0.2, 0.25) is 0 Å². The van der Waals surface area contributed by atoms with Crippen LogP contribution in [0, 0.1) is 0 Å². The van der Waals surface area contributed by atoms with Crippen molar-refractivity contribution in [3.05, 3.63) is 36.2 Å². The van der Waals surface area contributed by atoms with Crippen LogP contribution >= 0.6 is 11.6 Å². The molecule has 3 rings (SSSR count). The Balaban J connectivity index is 2.16. The van der Waals surface area contributed by atoms with E-state index in [-0.39, 0.29) is 0 Å². The van der Waals surface area contributed by atoms with Gasteiger partial charge < -0.3 is 10.7 Å². The summed E-state index contributed by atoms with van der Waals surface area (Å²) in [6, 6.07) is 7.84. The maximum atomic E-state index is 5.82. The molecule has 2 aromatic heterocycles. The molecule has 0 fully saturated rings. The zero-order chi connectivity index (χ0) is 12.5. The van der Waals surface area contributed by atoms with E-state index in [0.717, 1.165) is 11.1 Å². The lowest BCUT2D eigenvalue weighted by atomic mass is 10.1. The summed E-state index contributed by atoms with van der Waals surface area (Å²) in [7, 11) is 0. The standard InChI is InChI=1S/C12H10ClN5/c13-5-7-2-1-3-8(4-7)11-17-9-10(14)15-6-16-12(9)18-11/h1-4,6H,5H2,(H3,14,15,16,17,18). The highest BCUT2D eigenvalue weighted by Gasteiger charge is 2.09. The van der Waals surface area contributed by atoms with E-state index in [0.29, 0.717) is 28.7 Å². The fraction of sp³-hybridized carbons (Fsp3) is 0.0833. The number of aromatic nitrogens is 4. The highest BCUT2D eigenvalue weighted by Crippen LogP contribution is 2.22. The molecule has 0 aliphatic rings. The van der Waals surface area contributed by atoms with Crippen molar-refractivity contribution in [3.8, 4) is 11.4 Å². The Hall–Kier alpha value is -2.14. The molecule has 0 unspecified atom stereocenters. The second-order valence-electron chi connectivity index (χ2n) is 3.88. The monoisotopic (exact) mass is 259 g/mol. The van der Waals surface area contributed by atoms with E-state index < -0.39 is 0 Å². The minimum Gasteiger partial charge on any atom is -0.382 e. The number of fused-ring (bicyclic) bond motifs is 1. The number of H-pyrrole nitrogens is 1. The second-order valence-corrected chi connectivity index (χ2v) is 4.14. The number of nitrogen functional groups attached to an aromatic ring is 1. The summed E-state index contributed by atoms with van der Waals surface area (Å²) in [6.45, 7) is 0. The summed E-state index contributed by atoms with van der Waals surface area (Å²) in [5.41, 5.74) is 8.97. The average molecular weight is 260 g/mol. The van der Waals surface area contributed by atoms with Crippen LogP contribution in [0.4, 0.5) is 5.82 Å². The topological polar surface area (TPSA) is 80.5 Å². The van der Waals surface area contributed by atoms with Gasteiger partial charge in [0.25, 0.3) is 0 Å². The number of nitrogens with one attached hydrogen (secondary N) is 1. The number of alkyl halides is 1. The van der Waals surface area contributed by atoms with E-state index >= 15 is 0 Å². The molecule has 6 heteroatoms. The average Bonchev–Trinajstić information content (AvgIpc) is 2.84. The van der Waals surface area contributed by atoms with E-state index in [2.05, 4.69) is 19.9 Å². The fourth-order valence-corrected chi connectivity index (χ4v) is 1.95. The quantitative estimate of drug-likeness (QED) is 0.692. The van der Waals surface area contributed by atoms with Gasteiger partial charge in [0.2, 0.25) is 0 Å². The lowest BCUT2D eigenvalue weighted by molar-refractivity contribution is 1.21. The smallest absolute Gasteiger partial charge is 0.183 e. The summed E-state index contributed by atoms with van der Waals surface area (Å²) in [5.74, 6) is 1.58. The van der Waals surface area contributed by atoms with E-state index in [9.17, 15) is 0 Å². The fourth-order valence-electron chi connectivity index (χ4n) is 1.78. The van der Waals surface area contributed by atoms with Crippen LogP contribution in [0.15, 0.2) is 30.6 Å². The molecule has 0 radical (unpaired) electrons. The molecule has 0 bridgehead atoms. The summed E-state index contributed by atoms with van der Waals surface area (Å²) in [6.07, 6.45) is 1.40. The van der Waals surface area contributed by atoms with Crippen LogP contribution in [-0.2, 0) is 5.88 Å². The van der Waals surface area contributed by atoms with Crippen molar-refractivity contribution in [2.45, 2.75) is 5.88 Å². The van der Waals surface area contributed by atoms with Gasteiger partial charge in [0.1, 0.15) is 17.7 Å². The third-order valence-corrected chi connectivity index (χ3v) is 2.98. The van der Waals surface area contributed by atoms with E-state index in [1.165, 1.54) is 6.33 Å². The number of rotatable bonds is 2. The van der Waals surface area contributed by atoms with Crippen molar-refractivity contribution in [3.63, 3.8) is 0 Å². The molecule has 0 aliphatic heterocycles. The minimum atomic E-state index is 0.396. The molecule has 18 heavy (non-hydrogen) atoms. The summed E-state index contributed by atoms with van der Waals surface area (Å²) < 4.78 is 0. The van der Waals surface area contributed by atoms with Gasteiger partial charge in [-0.3, -0.25) is 0 Å². The Bertz CT molecular complexity index is 707. The van der Waals surface area contributed by atoms with Gasteiger partial charge in [-0.1, -0.05) is 18.2 Å². The highest BCUT2D eigenvalue weighted by atomic mass is 35.5. The number of aromatic amines is 1. The van der Waals surface area contributed by atoms with Gasteiger partial charge in [0.15, 0.2) is 11.5 Å². The van der Waals surface area contributed by atoms with Crippen molar-refractivity contribution >= 4 is 28.6 Å². The van der Waals surface area contributed by atoms with Crippen LogP contribution in [-0.4, -0.2) is 19.9 Å². The van der Waals surface area contributed by atoms with Crippen LogP contribution in [0.5, 0.6) is 0 Å². The first-order valence-corrected chi connectivity index (χ1v) is 5.93. The van der Waals surface area contributed by atoms with Gasteiger partial charge >= 0.3 is 0 Å². The molecule has 0 saturated carbocycles. The van der Waals surface area contributed by atoms with E-state index in [1.54, 1.807) is 0 Å². The molecule has 3 N–H and O–H groups in total. The first kappa shape index (κ1) is 11.0. The Morgan fingerprint density at radius 1 is 1.28 bits per heavy atom. The Morgan fingerprint density at radius 2 is 2.17 bits per heavy atom. The summed E-state index contributed by atoms with van der Waals surface area (Å²) in [5, 5.41) is 0. The number of hydrogen-bond donors (Lipinski definition) is 2. The van der Waals surface area contributed by atoms with Gasteiger partial charge in [-0.05, 0) is 11.6 Å². The number of anilines is 1. The Labute approximate surface area is 108 Å². The lowest BCUT2D eigenvalue weighted by Crippen LogP contribution is -1.91. The zero-order valence-electron chi connectivity index (χ0n) is 9.39. The number of benzene rings is 1. The van der Waals surface area contributed by atoms with Crippen LogP contribution in [0.3, 0.4) is 0 Å². The van der Waals surface area contributed by atoms with Gasteiger partial charge in [0, 0.05) is 11.4 Å². The van der Waals surface area contributed by atoms with Gasteiger partial charge in [-0.15, -0.1) is 11.6 Å². The van der Waals surface area contributed by atoms with Crippen molar-refractivity contribution < 1.29 is 0 Å². The summed E-state index contributed by atoms with van der Waals surface area (Å²) in [4.78, 5) is 15.5. The maximum Gasteiger partial charge on any atom is 0.183 e. The first-order valence-electron chi connectivity index (χ1n) is 5.39. The number of nitrogens with two attached hydrogens (primary N) is 1. The molecule has 0 atom stereocenters. The minimum absolute atomic E-state index is 0.396. The molecule has 1 aromatic carbocycles. The van der Waals surface area contributed by atoms with Crippen LogP contribution in [0.25, 0.3) is 22.6 Å². The normalized spacial score (nSPS) is 10.9. The van der Waals surface area contributed by atoms with E-state index in [4.69, 9.17) is 17.3 Å². The molecule has 0 saturated heterocycles. The molecular weight excluding hydrogens is 250 g/mol. The number of halogens is 1. The predicted octanol–water partition coefficient (Wildman–Crippen LogP) is 2.34. The maximum absolute atomic E-state index is 5.82. The predicted molar refractivity (Wildman–Crippen MR) is 71.1 cm³/mol. The summed E-state index contributed by atoms with van der Waals surface area (Å²) >= 11 is 5.82. The van der Waals surface area contributed by atoms with Gasteiger partial charge in [0.05, 0.1) is 0 Å². The van der Waals surface area contributed by atoms with E-state index in [1.807, 2.05) is 24.3 Å². The Kier molecular flexibility index (Phi) is 2.60. The van der Waals surface area contributed by atoms with Crippen LogP contribution in [0.1, 0.15) is 5.56 Å².